The number of rotatable bonds is 2. The number of hydrogen-bond acceptors (Lipinski definition) is 1. The molecule has 0 aromatic carbocycles. The number of carbonyl (C=O) groups excluding carboxylic acids is 1. The van der Waals surface area contributed by atoms with Crippen LogP contribution in [0.4, 0.5) is 0 Å². The fourth-order valence-electron chi connectivity index (χ4n) is 3.53. The largest absolute Gasteiger partial charge is 0.366 e. The van der Waals surface area contributed by atoms with E-state index in [0.29, 0.717) is 5.92 Å². The molecular weight excluding hydrogens is 210 g/mol. The second-order valence-corrected chi connectivity index (χ2v) is 5.76. The van der Waals surface area contributed by atoms with Crippen LogP contribution in [0.1, 0.15) is 46.5 Å². The third kappa shape index (κ3) is 2.31. The van der Waals surface area contributed by atoms with Crippen molar-refractivity contribution in [3.63, 3.8) is 0 Å². The van der Waals surface area contributed by atoms with Crippen LogP contribution in [-0.2, 0) is 4.79 Å². The van der Waals surface area contributed by atoms with Gasteiger partial charge in [-0.1, -0.05) is 24.1 Å². The Morgan fingerprint density at radius 2 is 2.06 bits per heavy atom. The molecule has 17 heavy (non-hydrogen) atoms. The van der Waals surface area contributed by atoms with Gasteiger partial charge < -0.3 is 5.73 Å². The second-order valence-electron chi connectivity index (χ2n) is 5.76. The Morgan fingerprint density at radius 3 is 2.71 bits per heavy atom. The number of primary amides is 1. The lowest BCUT2D eigenvalue weighted by Gasteiger charge is -2.34. The molecule has 0 radical (unpaired) electrons. The normalized spacial score (nSPS) is 33.8. The molecule has 2 aliphatic rings. The molecule has 3 atom stereocenters. The van der Waals surface area contributed by atoms with Crippen LogP contribution in [-0.4, -0.2) is 5.91 Å². The maximum absolute atomic E-state index is 11.1. The van der Waals surface area contributed by atoms with Crippen molar-refractivity contribution in [1.82, 2.24) is 0 Å². The van der Waals surface area contributed by atoms with E-state index in [9.17, 15) is 4.79 Å². The van der Waals surface area contributed by atoms with Gasteiger partial charge in [-0.2, -0.15) is 0 Å². The Bertz CT molecular complexity index is 392. The van der Waals surface area contributed by atoms with Crippen molar-refractivity contribution in [3.05, 3.63) is 22.8 Å². The Labute approximate surface area is 104 Å². The summed E-state index contributed by atoms with van der Waals surface area (Å²) in [6.45, 7) is 6.46. The molecular formula is C15H23NO. The molecule has 0 aromatic heterocycles. The molecule has 1 amide bonds. The second kappa shape index (κ2) is 4.67. The Morgan fingerprint density at radius 1 is 1.35 bits per heavy atom. The lowest BCUT2D eigenvalue weighted by molar-refractivity contribution is -0.114. The first-order chi connectivity index (χ1) is 8.00. The summed E-state index contributed by atoms with van der Waals surface area (Å²) in [6, 6.07) is 0. The molecule has 2 rings (SSSR count). The van der Waals surface area contributed by atoms with E-state index in [2.05, 4.69) is 19.9 Å². The summed E-state index contributed by atoms with van der Waals surface area (Å²) < 4.78 is 0. The van der Waals surface area contributed by atoms with E-state index in [1.165, 1.54) is 25.7 Å². The van der Waals surface area contributed by atoms with Crippen molar-refractivity contribution in [1.29, 1.82) is 0 Å². The molecule has 0 aliphatic heterocycles. The third-order valence-corrected chi connectivity index (χ3v) is 4.58. The predicted octanol–water partition coefficient (Wildman–Crippen LogP) is 3.19. The maximum Gasteiger partial charge on any atom is 0.244 e. The number of amides is 1. The molecule has 94 valence electrons. The van der Waals surface area contributed by atoms with Gasteiger partial charge in [0.25, 0.3) is 0 Å². The van der Waals surface area contributed by atoms with Crippen LogP contribution in [0.15, 0.2) is 22.8 Å². The van der Waals surface area contributed by atoms with Crippen LogP contribution in [0.2, 0.25) is 0 Å². The topological polar surface area (TPSA) is 43.1 Å². The minimum Gasteiger partial charge on any atom is -0.366 e. The first-order valence-corrected chi connectivity index (χ1v) is 6.68. The van der Waals surface area contributed by atoms with Crippen LogP contribution < -0.4 is 5.73 Å². The summed E-state index contributed by atoms with van der Waals surface area (Å²) >= 11 is 0. The van der Waals surface area contributed by atoms with Crippen molar-refractivity contribution in [3.8, 4) is 0 Å². The van der Waals surface area contributed by atoms with Crippen LogP contribution in [0.25, 0.3) is 0 Å². The molecule has 2 aliphatic carbocycles. The average Bonchev–Trinajstić information content (AvgIpc) is 2.66. The van der Waals surface area contributed by atoms with Crippen LogP contribution in [0.5, 0.6) is 0 Å². The number of allylic oxidation sites excluding steroid dienone is 3. The van der Waals surface area contributed by atoms with Gasteiger partial charge in [0.15, 0.2) is 0 Å². The van der Waals surface area contributed by atoms with E-state index in [1.54, 1.807) is 11.1 Å². The summed E-state index contributed by atoms with van der Waals surface area (Å²) in [5.41, 5.74) is 9.22. The minimum absolute atomic E-state index is 0.281. The maximum atomic E-state index is 11.1. The summed E-state index contributed by atoms with van der Waals surface area (Å²) in [7, 11) is 0. The summed E-state index contributed by atoms with van der Waals surface area (Å²) in [4.78, 5) is 11.1. The van der Waals surface area contributed by atoms with Gasteiger partial charge in [0.1, 0.15) is 0 Å². The molecule has 2 heteroatoms. The predicted molar refractivity (Wildman–Crippen MR) is 70.3 cm³/mol. The highest BCUT2D eigenvalue weighted by Crippen LogP contribution is 2.48. The zero-order valence-corrected chi connectivity index (χ0v) is 11.1. The van der Waals surface area contributed by atoms with Gasteiger partial charge in [-0.05, 0) is 57.3 Å². The van der Waals surface area contributed by atoms with Crippen molar-refractivity contribution in [2.24, 2.45) is 23.5 Å². The Balaban J connectivity index is 2.27. The first-order valence-electron chi connectivity index (χ1n) is 6.68. The van der Waals surface area contributed by atoms with Gasteiger partial charge in [-0.25, -0.2) is 0 Å². The quantitative estimate of drug-likeness (QED) is 0.577. The molecule has 0 saturated heterocycles. The molecule has 2 N–H and O–H groups in total. The van der Waals surface area contributed by atoms with E-state index in [0.717, 1.165) is 17.4 Å². The number of fused-ring (bicyclic) bond motifs is 1. The fraction of sp³-hybridized carbons (Fsp3) is 0.667. The average molecular weight is 233 g/mol. The van der Waals surface area contributed by atoms with Crippen LogP contribution in [0.3, 0.4) is 0 Å². The van der Waals surface area contributed by atoms with Crippen molar-refractivity contribution in [2.75, 3.05) is 0 Å². The van der Waals surface area contributed by atoms with Gasteiger partial charge in [-0.3, -0.25) is 4.79 Å². The molecule has 0 unspecified atom stereocenters. The molecule has 1 saturated carbocycles. The lowest BCUT2D eigenvalue weighted by Crippen LogP contribution is -2.24. The molecule has 0 aromatic rings. The molecule has 2 nitrogen and oxygen atoms in total. The molecule has 1 fully saturated rings. The summed E-state index contributed by atoms with van der Waals surface area (Å²) in [6.07, 6.45) is 7.10. The van der Waals surface area contributed by atoms with E-state index < -0.39 is 0 Å². The number of nitrogens with two attached hydrogens (primary N) is 1. The highest BCUT2D eigenvalue weighted by atomic mass is 16.1. The molecule has 0 bridgehead atoms. The van der Waals surface area contributed by atoms with E-state index >= 15 is 0 Å². The van der Waals surface area contributed by atoms with Gasteiger partial charge >= 0.3 is 0 Å². The zero-order chi connectivity index (χ0) is 12.6. The fourth-order valence-corrected chi connectivity index (χ4v) is 3.53. The van der Waals surface area contributed by atoms with Crippen LogP contribution in [0, 0.1) is 17.8 Å². The lowest BCUT2D eigenvalue weighted by atomic mass is 9.71. The van der Waals surface area contributed by atoms with Crippen molar-refractivity contribution in [2.45, 2.75) is 46.5 Å². The zero-order valence-electron chi connectivity index (χ0n) is 11.1. The Hall–Kier alpha value is -1.05. The Kier molecular flexibility index (Phi) is 3.41. The van der Waals surface area contributed by atoms with Gasteiger partial charge in [0.2, 0.25) is 5.91 Å². The summed E-state index contributed by atoms with van der Waals surface area (Å²) in [5, 5.41) is 0. The highest BCUT2D eigenvalue weighted by molar-refractivity contribution is 5.91. The third-order valence-electron chi connectivity index (χ3n) is 4.58. The first kappa shape index (κ1) is 12.4. The monoisotopic (exact) mass is 233 g/mol. The van der Waals surface area contributed by atoms with Crippen molar-refractivity contribution >= 4 is 5.91 Å². The number of hydrogen-bond donors (Lipinski definition) is 1. The van der Waals surface area contributed by atoms with E-state index in [-0.39, 0.29) is 5.91 Å². The number of carbonyl (C=O) groups is 1. The van der Waals surface area contributed by atoms with Crippen LogP contribution >= 0.6 is 0 Å². The van der Waals surface area contributed by atoms with Crippen molar-refractivity contribution < 1.29 is 4.79 Å². The van der Waals surface area contributed by atoms with E-state index in [4.69, 9.17) is 5.73 Å². The van der Waals surface area contributed by atoms with Gasteiger partial charge in [0, 0.05) is 5.57 Å². The van der Waals surface area contributed by atoms with Gasteiger partial charge in [0.05, 0.1) is 0 Å². The summed E-state index contributed by atoms with van der Waals surface area (Å²) in [5.74, 6) is 1.74. The van der Waals surface area contributed by atoms with E-state index in [1.807, 2.05) is 6.92 Å². The smallest absolute Gasteiger partial charge is 0.244 e. The standard InChI is InChI=1S/C15H23NO/c1-9-4-6-12(8-11(3)15(16)17)14-10(2)5-7-13(9)14/h8-9,12-13H,4-7H2,1-3H3,(H2,16,17)/b11-8+/t9-,12+,13-/m1/s1. The minimum atomic E-state index is -0.281. The SMILES string of the molecule is CC1=C2[C@H](/C=C(\C)C(N)=O)CC[C@@H](C)[C@H]2CC1. The molecule has 0 spiro atoms. The molecule has 0 heterocycles. The van der Waals surface area contributed by atoms with Gasteiger partial charge in [-0.15, -0.1) is 0 Å². The highest BCUT2D eigenvalue weighted by Gasteiger charge is 2.35.